The highest BCUT2D eigenvalue weighted by atomic mass is 16.2. The lowest BCUT2D eigenvalue weighted by Crippen LogP contribution is -2.40. The molecule has 0 radical (unpaired) electrons. The van der Waals surface area contributed by atoms with Gasteiger partial charge in [-0.25, -0.2) is 0 Å². The van der Waals surface area contributed by atoms with Gasteiger partial charge in [0.1, 0.15) is 0 Å². The van der Waals surface area contributed by atoms with Gasteiger partial charge in [0.25, 0.3) is 0 Å². The van der Waals surface area contributed by atoms with E-state index < -0.39 is 5.92 Å². The first-order chi connectivity index (χ1) is 15.2. The summed E-state index contributed by atoms with van der Waals surface area (Å²) in [7, 11) is 1.84. The molecule has 3 atom stereocenters. The van der Waals surface area contributed by atoms with Crippen LogP contribution < -0.4 is 4.90 Å². The van der Waals surface area contributed by atoms with Gasteiger partial charge < -0.3 is 9.80 Å². The fourth-order valence-corrected chi connectivity index (χ4v) is 5.81. The van der Waals surface area contributed by atoms with Gasteiger partial charge in [0.15, 0.2) is 5.78 Å². The van der Waals surface area contributed by atoms with E-state index in [0.717, 1.165) is 43.6 Å². The van der Waals surface area contributed by atoms with E-state index in [4.69, 9.17) is 0 Å². The number of ketones is 1. The Kier molecular flexibility index (Phi) is 5.39. The van der Waals surface area contributed by atoms with E-state index >= 15 is 0 Å². The molecule has 2 aliphatic heterocycles. The highest BCUT2D eigenvalue weighted by Gasteiger charge is 2.48. The molecule has 3 aliphatic rings. The molecule has 2 heterocycles. The van der Waals surface area contributed by atoms with E-state index in [1.54, 1.807) is 4.90 Å². The van der Waals surface area contributed by atoms with E-state index in [9.17, 15) is 9.59 Å². The first kappa shape index (κ1) is 20.0. The monoisotopic (exact) mass is 414 g/mol. The van der Waals surface area contributed by atoms with Crippen molar-refractivity contribution in [1.82, 2.24) is 4.90 Å². The summed E-state index contributed by atoms with van der Waals surface area (Å²) in [5, 5.41) is 0. The Morgan fingerprint density at radius 3 is 2.45 bits per heavy atom. The largest absolute Gasteiger partial charge is 0.375 e. The van der Waals surface area contributed by atoms with Crippen molar-refractivity contribution in [1.29, 1.82) is 0 Å². The van der Waals surface area contributed by atoms with Crippen molar-refractivity contribution in [2.24, 2.45) is 11.8 Å². The zero-order chi connectivity index (χ0) is 21.4. The number of likely N-dealkylation sites (N-methyl/N-ethyl adjacent to an activating group) is 1. The number of fused-ring (bicyclic) bond motifs is 1. The summed E-state index contributed by atoms with van der Waals surface area (Å²) in [5.74, 6) is -0.591. The fraction of sp³-hybridized carbons (Fsp3) is 0.407. The predicted molar refractivity (Wildman–Crippen MR) is 123 cm³/mol. The van der Waals surface area contributed by atoms with Crippen LogP contribution in [0.15, 0.2) is 66.4 Å². The predicted octanol–water partition coefficient (Wildman–Crippen LogP) is 5.03. The molecule has 2 aromatic carbocycles. The number of likely N-dealkylation sites (tertiary alicyclic amines) is 1. The summed E-state index contributed by atoms with van der Waals surface area (Å²) in [6.45, 7) is 2.12. The Bertz CT molecular complexity index is 1010. The van der Waals surface area contributed by atoms with E-state index in [1.807, 2.05) is 61.6 Å². The molecule has 1 saturated heterocycles. The van der Waals surface area contributed by atoms with Gasteiger partial charge in [-0.2, -0.15) is 0 Å². The molecule has 4 heteroatoms. The normalized spacial score (nSPS) is 24.2. The molecule has 0 spiro atoms. The second-order valence-electron chi connectivity index (χ2n) is 9.05. The van der Waals surface area contributed by atoms with Crippen LogP contribution >= 0.6 is 0 Å². The van der Waals surface area contributed by atoms with Gasteiger partial charge >= 0.3 is 0 Å². The lowest BCUT2D eigenvalue weighted by Gasteiger charge is -2.38. The first-order valence-corrected chi connectivity index (χ1v) is 11.6. The summed E-state index contributed by atoms with van der Waals surface area (Å²) in [4.78, 5) is 31.8. The van der Waals surface area contributed by atoms with Crippen molar-refractivity contribution in [3.63, 3.8) is 0 Å². The second-order valence-corrected chi connectivity index (χ2v) is 9.05. The molecule has 2 aromatic rings. The van der Waals surface area contributed by atoms with Crippen LogP contribution in [-0.4, -0.2) is 36.7 Å². The van der Waals surface area contributed by atoms with E-state index in [-0.39, 0.29) is 23.5 Å². The quantitative estimate of drug-likeness (QED) is 0.645. The fourth-order valence-electron chi connectivity index (χ4n) is 5.81. The first-order valence-electron chi connectivity index (χ1n) is 11.6. The van der Waals surface area contributed by atoms with E-state index in [1.165, 1.54) is 18.5 Å². The zero-order valence-corrected chi connectivity index (χ0v) is 18.2. The lowest BCUT2D eigenvalue weighted by atomic mass is 9.69. The molecule has 5 rings (SSSR count). The molecule has 0 aromatic heterocycles. The van der Waals surface area contributed by atoms with Crippen LogP contribution in [0.5, 0.6) is 0 Å². The third-order valence-corrected chi connectivity index (χ3v) is 7.31. The number of amides is 1. The standard InChI is InChI=1S/C27H30N2O2/c1-28-22-15-7-5-13-20(22)25(27(28)31)24(26(30)19-11-3-2-4-12-19)21-14-6-8-16-23(21)29-17-9-10-18-29/h2-5,7,11-13,15-16,21,24-25H,6,8-10,14,17-18H2,1H3/t21-,24+,25+/m1/s1. The maximum atomic E-state index is 14.0. The Balaban J connectivity index is 1.62. The minimum atomic E-state index is -0.428. The molecule has 1 amide bonds. The summed E-state index contributed by atoms with van der Waals surface area (Å²) in [6, 6.07) is 17.5. The number of hydrogen-bond acceptors (Lipinski definition) is 3. The van der Waals surface area contributed by atoms with Crippen LogP contribution in [0.3, 0.4) is 0 Å². The summed E-state index contributed by atoms with van der Waals surface area (Å²) < 4.78 is 0. The molecular formula is C27H30N2O2. The van der Waals surface area contributed by atoms with Crippen LogP contribution in [0.1, 0.15) is 53.9 Å². The minimum Gasteiger partial charge on any atom is -0.375 e. The maximum Gasteiger partial charge on any atom is 0.235 e. The number of nitrogens with zero attached hydrogens (tertiary/aromatic N) is 2. The third kappa shape index (κ3) is 3.48. The number of rotatable bonds is 5. The van der Waals surface area contributed by atoms with Crippen LogP contribution in [-0.2, 0) is 4.79 Å². The smallest absolute Gasteiger partial charge is 0.235 e. The molecule has 0 bridgehead atoms. The molecule has 1 fully saturated rings. The zero-order valence-electron chi connectivity index (χ0n) is 18.2. The van der Waals surface area contributed by atoms with Crippen molar-refractivity contribution in [2.45, 2.75) is 38.0 Å². The summed E-state index contributed by atoms with van der Waals surface area (Å²) in [5.41, 5.74) is 3.94. The number of carbonyl (C=O) groups is 2. The SMILES string of the molecule is CN1C(=O)[C@H]([C@@H](C(=O)c2ccccc2)[C@@H]2CCCC=C2N2CCCC2)c2ccccc21. The van der Waals surface area contributed by atoms with Crippen LogP contribution in [0.25, 0.3) is 0 Å². The molecule has 0 saturated carbocycles. The average molecular weight is 415 g/mol. The van der Waals surface area contributed by atoms with Gasteiger partial charge in [-0.1, -0.05) is 54.6 Å². The molecule has 0 unspecified atom stereocenters. The Morgan fingerprint density at radius 1 is 0.968 bits per heavy atom. The van der Waals surface area contributed by atoms with Crippen LogP contribution in [0, 0.1) is 11.8 Å². The number of benzene rings is 2. The van der Waals surface area contributed by atoms with Gasteiger partial charge in [0, 0.05) is 48.9 Å². The van der Waals surface area contributed by atoms with E-state index in [2.05, 4.69) is 11.0 Å². The third-order valence-electron chi connectivity index (χ3n) is 7.31. The average Bonchev–Trinajstić information content (AvgIpc) is 3.44. The molecular weight excluding hydrogens is 384 g/mol. The topological polar surface area (TPSA) is 40.6 Å². The highest BCUT2D eigenvalue weighted by Crippen LogP contribution is 2.48. The summed E-state index contributed by atoms with van der Waals surface area (Å²) in [6.07, 6.45) is 7.84. The number of hydrogen-bond donors (Lipinski definition) is 0. The van der Waals surface area contributed by atoms with Crippen molar-refractivity contribution in [3.05, 3.63) is 77.5 Å². The van der Waals surface area contributed by atoms with Gasteiger partial charge in [0.2, 0.25) is 5.91 Å². The van der Waals surface area contributed by atoms with Gasteiger partial charge in [-0.3, -0.25) is 9.59 Å². The second kappa shape index (κ2) is 8.33. The van der Waals surface area contributed by atoms with Crippen molar-refractivity contribution < 1.29 is 9.59 Å². The molecule has 160 valence electrons. The van der Waals surface area contributed by atoms with Crippen molar-refractivity contribution >= 4 is 17.4 Å². The number of anilines is 1. The number of allylic oxidation sites excluding steroid dienone is 2. The Morgan fingerprint density at radius 2 is 1.68 bits per heavy atom. The molecule has 31 heavy (non-hydrogen) atoms. The van der Waals surface area contributed by atoms with Gasteiger partial charge in [0.05, 0.1) is 5.92 Å². The Hall–Kier alpha value is -2.88. The number of carbonyl (C=O) groups excluding carboxylic acids is 2. The maximum absolute atomic E-state index is 14.0. The lowest BCUT2D eigenvalue weighted by molar-refractivity contribution is -0.120. The molecule has 1 aliphatic carbocycles. The highest BCUT2D eigenvalue weighted by molar-refractivity contribution is 6.10. The van der Waals surface area contributed by atoms with Crippen molar-refractivity contribution in [3.8, 4) is 0 Å². The van der Waals surface area contributed by atoms with Gasteiger partial charge in [-0.15, -0.1) is 0 Å². The number of Topliss-reactive ketones (excluding diaryl/α,β-unsaturated/α-hetero) is 1. The van der Waals surface area contributed by atoms with E-state index in [0.29, 0.717) is 5.56 Å². The van der Waals surface area contributed by atoms with Crippen molar-refractivity contribution in [2.75, 3.05) is 25.0 Å². The van der Waals surface area contributed by atoms with Crippen LogP contribution in [0.2, 0.25) is 0 Å². The Labute approximate surface area is 184 Å². The molecule has 4 nitrogen and oxygen atoms in total. The van der Waals surface area contributed by atoms with Crippen LogP contribution in [0.4, 0.5) is 5.69 Å². The minimum absolute atomic E-state index is 0.0434. The number of para-hydroxylation sites is 1. The molecule has 0 N–H and O–H groups in total. The van der Waals surface area contributed by atoms with Gasteiger partial charge in [-0.05, 0) is 43.7 Å². The summed E-state index contributed by atoms with van der Waals surface area (Å²) >= 11 is 0.